The molecular weight excluding hydrogens is 305 g/mol. The molecule has 3 rings (SSSR count). The first-order valence-electron chi connectivity index (χ1n) is 6.62. The molecule has 0 atom stereocenters. The Balaban J connectivity index is 1.54. The van der Waals surface area contributed by atoms with Crippen molar-refractivity contribution in [3.8, 4) is 10.8 Å². The van der Waals surface area contributed by atoms with Crippen LogP contribution in [-0.4, -0.2) is 16.1 Å². The van der Waals surface area contributed by atoms with Crippen molar-refractivity contribution in [2.24, 2.45) is 0 Å². The van der Waals surface area contributed by atoms with E-state index in [1.165, 1.54) is 35.6 Å². The van der Waals surface area contributed by atoms with Crippen molar-refractivity contribution in [2.45, 2.75) is 12.8 Å². The molecule has 0 aliphatic carbocycles. The minimum atomic E-state index is -0.343. The number of hydrogen-bond acceptors (Lipinski definition) is 5. The largest absolute Gasteiger partial charge is 0.420 e. The smallest absolute Gasteiger partial charge is 0.257 e. The van der Waals surface area contributed by atoms with Crippen LogP contribution in [0.25, 0.3) is 10.8 Å². The van der Waals surface area contributed by atoms with Crippen molar-refractivity contribution in [1.82, 2.24) is 10.2 Å². The van der Waals surface area contributed by atoms with E-state index in [9.17, 15) is 9.18 Å². The number of rotatable bonds is 5. The number of hydrogen-bond donors (Lipinski definition) is 1. The van der Waals surface area contributed by atoms with E-state index >= 15 is 0 Å². The first-order valence-corrected chi connectivity index (χ1v) is 7.50. The van der Waals surface area contributed by atoms with Crippen LogP contribution in [0.4, 0.5) is 10.1 Å². The zero-order valence-electron chi connectivity index (χ0n) is 11.5. The molecule has 0 saturated carbocycles. The van der Waals surface area contributed by atoms with Crippen LogP contribution < -0.4 is 5.32 Å². The number of aromatic nitrogens is 2. The summed E-state index contributed by atoms with van der Waals surface area (Å²) in [6.07, 6.45) is 0.564. The summed E-state index contributed by atoms with van der Waals surface area (Å²) in [5.41, 5.74) is 0.552. The first kappa shape index (κ1) is 14.4. The van der Waals surface area contributed by atoms with Crippen molar-refractivity contribution in [1.29, 1.82) is 0 Å². The normalized spacial score (nSPS) is 10.6. The second-order valence-electron chi connectivity index (χ2n) is 4.53. The second-order valence-corrected chi connectivity index (χ2v) is 5.48. The molecule has 112 valence electrons. The molecule has 0 unspecified atom stereocenters. The molecule has 0 aliphatic heterocycles. The van der Waals surface area contributed by atoms with E-state index in [0.717, 1.165) is 4.88 Å². The maximum absolute atomic E-state index is 12.8. The second kappa shape index (κ2) is 6.48. The van der Waals surface area contributed by atoms with Crippen molar-refractivity contribution in [3.05, 3.63) is 53.5 Å². The molecule has 0 aliphatic rings. The molecule has 0 saturated heterocycles. The Labute approximate surface area is 129 Å². The van der Waals surface area contributed by atoms with Gasteiger partial charge in [0.2, 0.25) is 11.8 Å². The number of nitrogens with one attached hydrogen (secondary N) is 1. The molecule has 0 radical (unpaired) electrons. The summed E-state index contributed by atoms with van der Waals surface area (Å²) in [6.45, 7) is 0. The first-order chi connectivity index (χ1) is 10.7. The molecule has 0 spiro atoms. The average molecular weight is 317 g/mol. The molecule has 0 fully saturated rings. The van der Waals surface area contributed by atoms with Crippen LogP contribution in [-0.2, 0) is 11.2 Å². The molecule has 1 N–H and O–H groups in total. The van der Waals surface area contributed by atoms with Gasteiger partial charge in [0.25, 0.3) is 5.89 Å². The summed E-state index contributed by atoms with van der Waals surface area (Å²) in [6, 6.07) is 9.40. The Morgan fingerprint density at radius 3 is 2.77 bits per heavy atom. The Morgan fingerprint density at radius 1 is 1.23 bits per heavy atom. The average Bonchev–Trinajstić information content (AvgIpc) is 3.18. The summed E-state index contributed by atoms with van der Waals surface area (Å²) < 4.78 is 18.3. The van der Waals surface area contributed by atoms with Crippen LogP contribution in [0, 0.1) is 5.82 Å². The fraction of sp³-hybridized carbons (Fsp3) is 0.133. The van der Waals surface area contributed by atoms with Gasteiger partial charge in [-0.3, -0.25) is 4.79 Å². The third kappa shape index (κ3) is 3.56. The minimum Gasteiger partial charge on any atom is -0.420 e. The number of carbonyl (C=O) groups is 1. The van der Waals surface area contributed by atoms with Crippen molar-refractivity contribution >= 4 is 22.9 Å². The predicted molar refractivity (Wildman–Crippen MR) is 81.0 cm³/mol. The summed E-state index contributed by atoms with van der Waals surface area (Å²) in [5.74, 6) is 0.342. The zero-order valence-corrected chi connectivity index (χ0v) is 12.3. The highest BCUT2D eigenvalue weighted by molar-refractivity contribution is 7.13. The predicted octanol–water partition coefficient (Wildman–Crippen LogP) is 3.51. The van der Waals surface area contributed by atoms with Gasteiger partial charge in [0.1, 0.15) is 5.82 Å². The highest BCUT2D eigenvalue weighted by Gasteiger charge is 2.11. The number of amides is 1. The van der Waals surface area contributed by atoms with Crippen LogP contribution in [0.5, 0.6) is 0 Å². The van der Waals surface area contributed by atoms with Crippen LogP contribution in [0.1, 0.15) is 12.3 Å². The van der Waals surface area contributed by atoms with Gasteiger partial charge in [0.15, 0.2) is 0 Å². The molecule has 22 heavy (non-hydrogen) atoms. The fourth-order valence-corrected chi connectivity index (χ4v) is 2.48. The maximum atomic E-state index is 12.8. The highest BCUT2D eigenvalue weighted by Crippen LogP contribution is 2.23. The topological polar surface area (TPSA) is 68.0 Å². The Morgan fingerprint density at radius 2 is 2.05 bits per heavy atom. The summed E-state index contributed by atoms with van der Waals surface area (Å²) in [7, 11) is 0. The monoisotopic (exact) mass is 317 g/mol. The van der Waals surface area contributed by atoms with Crippen LogP contribution in [0.2, 0.25) is 0 Å². The van der Waals surface area contributed by atoms with Gasteiger partial charge in [-0.2, -0.15) is 0 Å². The van der Waals surface area contributed by atoms with Crippen LogP contribution in [0.3, 0.4) is 0 Å². The maximum Gasteiger partial charge on any atom is 0.257 e. The summed E-state index contributed by atoms with van der Waals surface area (Å²) in [5, 5.41) is 12.5. The van der Waals surface area contributed by atoms with Gasteiger partial charge in [0, 0.05) is 18.5 Å². The van der Waals surface area contributed by atoms with Gasteiger partial charge >= 0.3 is 0 Å². The number of nitrogens with zero attached hydrogens (tertiary/aromatic N) is 2. The number of thiophene rings is 1. The summed E-state index contributed by atoms with van der Waals surface area (Å²) >= 11 is 1.51. The molecule has 2 aromatic heterocycles. The van der Waals surface area contributed by atoms with Crippen LogP contribution in [0.15, 0.2) is 46.2 Å². The molecule has 2 heterocycles. The Bertz CT molecular complexity index is 753. The Hall–Kier alpha value is -2.54. The van der Waals surface area contributed by atoms with Gasteiger partial charge in [-0.05, 0) is 35.7 Å². The SMILES string of the molecule is O=C(CCc1nnc(-c2cccs2)o1)Nc1ccc(F)cc1. The molecule has 1 aromatic carbocycles. The molecule has 5 nitrogen and oxygen atoms in total. The quantitative estimate of drug-likeness (QED) is 0.782. The van der Waals surface area contributed by atoms with E-state index in [2.05, 4.69) is 15.5 Å². The number of aryl methyl sites for hydroxylation is 1. The highest BCUT2D eigenvalue weighted by atomic mass is 32.1. The number of halogens is 1. The molecular formula is C15H12FN3O2S. The summed E-state index contributed by atoms with van der Waals surface area (Å²) in [4.78, 5) is 12.7. The van der Waals surface area contributed by atoms with E-state index in [4.69, 9.17) is 4.42 Å². The van der Waals surface area contributed by atoms with E-state index in [1.807, 2.05) is 17.5 Å². The standard InChI is InChI=1S/C15H12FN3O2S/c16-10-3-5-11(6-4-10)17-13(20)7-8-14-18-19-15(21-14)12-2-1-9-22-12/h1-6,9H,7-8H2,(H,17,20). The number of anilines is 1. The van der Waals surface area contributed by atoms with E-state index in [-0.39, 0.29) is 18.1 Å². The van der Waals surface area contributed by atoms with Crippen LogP contribution >= 0.6 is 11.3 Å². The van der Waals surface area contributed by atoms with E-state index in [1.54, 1.807) is 0 Å². The lowest BCUT2D eigenvalue weighted by atomic mass is 10.2. The van der Waals surface area contributed by atoms with E-state index in [0.29, 0.717) is 23.9 Å². The third-order valence-electron chi connectivity index (χ3n) is 2.89. The Kier molecular flexibility index (Phi) is 4.24. The number of carbonyl (C=O) groups excluding carboxylic acids is 1. The van der Waals surface area contributed by atoms with Gasteiger partial charge in [-0.25, -0.2) is 4.39 Å². The number of benzene rings is 1. The molecule has 1 amide bonds. The van der Waals surface area contributed by atoms with Gasteiger partial charge < -0.3 is 9.73 Å². The van der Waals surface area contributed by atoms with Gasteiger partial charge in [0.05, 0.1) is 4.88 Å². The van der Waals surface area contributed by atoms with Gasteiger partial charge in [-0.15, -0.1) is 21.5 Å². The lowest BCUT2D eigenvalue weighted by Gasteiger charge is -2.03. The molecule has 0 bridgehead atoms. The lowest BCUT2D eigenvalue weighted by Crippen LogP contribution is -2.12. The minimum absolute atomic E-state index is 0.192. The molecule has 7 heteroatoms. The lowest BCUT2D eigenvalue weighted by molar-refractivity contribution is -0.116. The zero-order chi connectivity index (χ0) is 15.4. The van der Waals surface area contributed by atoms with Gasteiger partial charge in [-0.1, -0.05) is 6.07 Å². The van der Waals surface area contributed by atoms with Crippen molar-refractivity contribution in [3.63, 3.8) is 0 Å². The van der Waals surface area contributed by atoms with Crippen molar-refractivity contribution < 1.29 is 13.6 Å². The molecule has 3 aromatic rings. The van der Waals surface area contributed by atoms with E-state index < -0.39 is 0 Å². The fourth-order valence-electron chi connectivity index (χ4n) is 1.83. The van der Waals surface area contributed by atoms with Crippen molar-refractivity contribution in [2.75, 3.05) is 5.32 Å². The third-order valence-corrected chi connectivity index (χ3v) is 3.75.